The molecule has 1 aliphatic rings. The minimum atomic E-state index is -1.07. The molecule has 182 valence electrons. The molecule has 2 aromatic carbocycles. The van der Waals surface area contributed by atoms with Crippen LogP contribution >= 0.6 is 0 Å². The van der Waals surface area contributed by atoms with Gasteiger partial charge in [-0.3, -0.25) is 9.58 Å². The lowest BCUT2D eigenvalue weighted by atomic mass is 10.1. The molecule has 1 aliphatic heterocycles. The van der Waals surface area contributed by atoms with E-state index in [1.54, 1.807) is 0 Å². The number of benzene rings is 2. The zero-order valence-corrected chi connectivity index (χ0v) is 20.2. The predicted octanol–water partition coefficient (Wildman–Crippen LogP) is 3.61. The van der Waals surface area contributed by atoms with E-state index >= 15 is 0 Å². The first-order valence-electron chi connectivity index (χ1n) is 11.9. The molecule has 1 atom stereocenters. The summed E-state index contributed by atoms with van der Waals surface area (Å²) in [6.07, 6.45) is 4.80. The average molecular weight is 466 g/mol. The molecule has 0 amide bonds. The van der Waals surface area contributed by atoms with Crippen LogP contribution in [0.2, 0.25) is 0 Å². The number of rotatable bonds is 10. The van der Waals surface area contributed by atoms with Gasteiger partial charge in [-0.15, -0.1) is 0 Å². The highest BCUT2D eigenvalue weighted by atomic mass is 16.5. The summed E-state index contributed by atoms with van der Waals surface area (Å²) in [5.74, 6) is 1.62. The van der Waals surface area contributed by atoms with Crippen molar-refractivity contribution < 1.29 is 19.3 Å². The lowest BCUT2D eigenvalue weighted by Crippen LogP contribution is -2.48. The number of aromatic nitrogens is 2. The minimum Gasteiger partial charge on any atom is -0.494 e. The SMILES string of the molecule is Cc1cccc(OC[C@]2(O)COCCN(Cc3cccc(OCCCn4cc(C)cn4)c3)C2)c1. The van der Waals surface area contributed by atoms with E-state index in [0.29, 0.717) is 26.3 Å². The van der Waals surface area contributed by atoms with Gasteiger partial charge >= 0.3 is 0 Å². The zero-order chi connectivity index (χ0) is 23.8. The summed E-state index contributed by atoms with van der Waals surface area (Å²) in [7, 11) is 0. The Bertz CT molecular complexity index is 1050. The van der Waals surface area contributed by atoms with Gasteiger partial charge < -0.3 is 19.3 Å². The molecule has 1 fully saturated rings. The Morgan fingerprint density at radius 2 is 1.88 bits per heavy atom. The fourth-order valence-corrected chi connectivity index (χ4v) is 4.14. The summed E-state index contributed by atoms with van der Waals surface area (Å²) in [4.78, 5) is 2.21. The number of aliphatic hydroxyl groups is 1. The smallest absolute Gasteiger partial charge is 0.134 e. The van der Waals surface area contributed by atoms with Crippen LogP contribution in [0.25, 0.3) is 0 Å². The number of aryl methyl sites for hydroxylation is 3. The van der Waals surface area contributed by atoms with Gasteiger partial charge in [-0.1, -0.05) is 24.3 Å². The lowest BCUT2D eigenvalue weighted by molar-refractivity contribution is -0.0646. The van der Waals surface area contributed by atoms with Crippen molar-refractivity contribution in [2.75, 3.05) is 39.5 Å². The molecule has 0 aliphatic carbocycles. The third-order valence-electron chi connectivity index (χ3n) is 5.80. The fourth-order valence-electron chi connectivity index (χ4n) is 4.14. The van der Waals surface area contributed by atoms with E-state index in [1.165, 1.54) is 5.56 Å². The Morgan fingerprint density at radius 1 is 1.06 bits per heavy atom. The van der Waals surface area contributed by atoms with E-state index < -0.39 is 5.60 Å². The molecule has 0 bridgehead atoms. The molecule has 1 saturated heterocycles. The maximum atomic E-state index is 11.2. The van der Waals surface area contributed by atoms with E-state index in [4.69, 9.17) is 14.2 Å². The number of β-amino-alcohol motifs (C(OH)–C–C–N with tert-alkyl or cyclic N) is 1. The minimum absolute atomic E-state index is 0.186. The van der Waals surface area contributed by atoms with Gasteiger partial charge in [0.2, 0.25) is 0 Å². The van der Waals surface area contributed by atoms with E-state index in [2.05, 4.69) is 22.1 Å². The second-order valence-corrected chi connectivity index (χ2v) is 9.22. The summed E-state index contributed by atoms with van der Waals surface area (Å²) < 4.78 is 19.5. The van der Waals surface area contributed by atoms with Crippen LogP contribution in [-0.2, 0) is 17.8 Å². The summed E-state index contributed by atoms with van der Waals surface area (Å²) in [6, 6.07) is 16.0. The van der Waals surface area contributed by atoms with Crippen molar-refractivity contribution in [1.29, 1.82) is 0 Å². The predicted molar refractivity (Wildman–Crippen MR) is 131 cm³/mol. The summed E-state index contributed by atoms with van der Waals surface area (Å²) in [5.41, 5.74) is 2.37. The monoisotopic (exact) mass is 465 g/mol. The van der Waals surface area contributed by atoms with Gasteiger partial charge in [0.05, 0.1) is 26.0 Å². The van der Waals surface area contributed by atoms with E-state index in [9.17, 15) is 5.11 Å². The Hall–Kier alpha value is -2.87. The summed E-state index contributed by atoms with van der Waals surface area (Å²) >= 11 is 0. The van der Waals surface area contributed by atoms with Crippen LogP contribution in [0.5, 0.6) is 11.5 Å². The van der Waals surface area contributed by atoms with Crippen molar-refractivity contribution in [1.82, 2.24) is 14.7 Å². The summed E-state index contributed by atoms with van der Waals surface area (Å²) in [6.45, 7) is 8.50. The normalized spacial score (nSPS) is 19.0. The van der Waals surface area contributed by atoms with Gasteiger partial charge in [0.1, 0.15) is 23.7 Å². The largest absolute Gasteiger partial charge is 0.494 e. The molecule has 1 aromatic heterocycles. The van der Waals surface area contributed by atoms with Crippen LogP contribution in [0.4, 0.5) is 0 Å². The van der Waals surface area contributed by atoms with Gasteiger partial charge in [-0.2, -0.15) is 5.10 Å². The van der Waals surface area contributed by atoms with Crippen molar-refractivity contribution >= 4 is 0 Å². The molecule has 1 N–H and O–H groups in total. The highest BCUT2D eigenvalue weighted by molar-refractivity contribution is 5.29. The molecule has 0 radical (unpaired) electrons. The van der Waals surface area contributed by atoms with Gasteiger partial charge in [-0.05, 0) is 54.8 Å². The quantitative estimate of drug-likeness (QED) is 0.462. The summed E-state index contributed by atoms with van der Waals surface area (Å²) in [5, 5.41) is 15.5. The highest BCUT2D eigenvalue weighted by Crippen LogP contribution is 2.21. The van der Waals surface area contributed by atoms with Crippen molar-refractivity contribution in [3.05, 3.63) is 77.6 Å². The first-order chi connectivity index (χ1) is 16.5. The molecular formula is C27H35N3O4. The number of ether oxygens (including phenoxy) is 3. The van der Waals surface area contributed by atoms with Crippen LogP contribution in [0.3, 0.4) is 0 Å². The molecule has 2 heterocycles. The molecule has 4 rings (SSSR count). The molecule has 7 nitrogen and oxygen atoms in total. The third kappa shape index (κ3) is 7.32. The highest BCUT2D eigenvalue weighted by Gasteiger charge is 2.33. The Balaban J connectivity index is 1.28. The molecule has 3 aromatic rings. The van der Waals surface area contributed by atoms with Crippen molar-refractivity contribution in [3.8, 4) is 11.5 Å². The molecular weight excluding hydrogens is 430 g/mol. The maximum absolute atomic E-state index is 11.2. The van der Waals surface area contributed by atoms with Crippen molar-refractivity contribution in [2.45, 2.75) is 39.0 Å². The van der Waals surface area contributed by atoms with Gasteiger partial charge in [0.15, 0.2) is 0 Å². The second kappa shape index (κ2) is 11.5. The van der Waals surface area contributed by atoms with Crippen LogP contribution in [0, 0.1) is 13.8 Å². The molecule has 7 heteroatoms. The van der Waals surface area contributed by atoms with Crippen molar-refractivity contribution in [3.63, 3.8) is 0 Å². The van der Waals surface area contributed by atoms with Crippen molar-refractivity contribution in [2.24, 2.45) is 0 Å². The number of hydrogen-bond acceptors (Lipinski definition) is 6. The Kier molecular flexibility index (Phi) is 8.21. The standard InChI is InChI=1S/C27H35N3O4/c1-22-6-3-8-25(14-22)34-21-27(31)19-29(11-13-32-20-27)18-24-7-4-9-26(15-24)33-12-5-10-30-17-23(2)16-28-30/h3-4,6-9,14-17,31H,5,10-13,18-21H2,1-2H3/t27-/m1/s1. The van der Waals surface area contributed by atoms with Crippen LogP contribution in [0.1, 0.15) is 23.1 Å². The number of nitrogens with zero attached hydrogens (tertiary/aromatic N) is 3. The first-order valence-corrected chi connectivity index (χ1v) is 11.9. The zero-order valence-electron chi connectivity index (χ0n) is 20.2. The first kappa shape index (κ1) is 24.3. The van der Waals surface area contributed by atoms with E-state index in [-0.39, 0.29) is 13.2 Å². The molecule has 34 heavy (non-hydrogen) atoms. The third-order valence-corrected chi connectivity index (χ3v) is 5.80. The maximum Gasteiger partial charge on any atom is 0.134 e. The fraction of sp³-hybridized carbons (Fsp3) is 0.444. The van der Waals surface area contributed by atoms with E-state index in [0.717, 1.165) is 42.1 Å². The number of hydrogen-bond donors (Lipinski definition) is 1. The lowest BCUT2D eigenvalue weighted by Gasteiger charge is -2.30. The Morgan fingerprint density at radius 3 is 2.68 bits per heavy atom. The van der Waals surface area contributed by atoms with Gasteiger partial charge in [0, 0.05) is 38.8 Å². The second-order valence-electron chi connectivity index (χ2n) is 9.22. The van der Waals surface area contributed by atoms with Crippen LogP contribution < -0.4 is 9.47 Å². The topological polar surface area (TPSA) is 69.0 Å². The van der Waals surface area contributed by atoms with E-state index in [1.807, 2.05) is 67.3 Å². The molecule has 0 unspecified atom stereocenters. The van der Waals surface area contributed by atoms with Gasteiger partial charge in [-0.25, -0.2) is 0 Å². The van der Waals surface area contributed by atoms with Crippen LogP contribution in [0.15, 0.2) is 60.9 Å². The molecule has 0 spiro atoms. The van der Waals surface area contributed by atoms with Crippen LogP contribution in [-0.4, -0.2) is 64.9 Å². The van der Waals surface area contributed by atoms with Gasteiger partial charge in [0.25, 0.3) is 0 Å². The Labute approximate surface area is 201 Å². The average Bonchev–Trinajstić information content (AvgIpc) is 3.14. The molecule has 0 saturated carbocycles.